The van der Waals surface area contributed by atoms with Gasteiger partial charge in [-0.25, -0.2) is 0 Å². The number of imide groups is 1. The number of rotatable bonds is 10. The van der Waals surface area contributed by atoms with Crippen LogP contribution in [-0.2, 0) is 17.8 Å². The number of nitrogens with zero attached hydrogens (tertiary/aromatic N) is 1. The fraction of sp³-hybridized carbons (Fsp3) is 0.280. The van der Waals surface area contributed by atoms with Crippen LogP contribution < -0.4 is 9.47 Å². The molecule has 1 aliphatic heterocycles. The summed E-state index contributed by atoms with van der Waals surface area (Å²) >= 11 is 3.25. The maximum atomic E-state index is 12.6. The first-order valence-corrected chi connectivity index (χ1v) is 12.4. The Hall–Kier alpha value is -2.26. The topological polar surface area (TPSA) is 55.8 Å². The number of hydrogen-bond donors (Lipinski definition) is 0. The average molecular weight is 563 g/mol. The Bertz CT molecular complexity index is 1030. The lowest BCUT2D eigenvalue weighted by molar-refractivity contribution is -0.122. The fourth-order valence-electron chi connectivity index (χ4n) is 3.30. The quantitative estimate of drug-likeness (QED) is 0.189. The molecule has 1 saturated heterocycles. The van der Waals surface area contributed by atoms with E-state index in [1.54, 1.807) is 6.08 Å². The highest BCUT2D eigenvalue weighted by Gasteiger charge is 2.34. The Kier molecular flexibility index (Phi) is 8.81. The van der Waals surface area contributed by atoms with Gasteiger partial charge in [-0.05, 0) is 95.6 Å². The molecule has 0 atom stereocenters. The first kappa shape index (κ1) is 24.4. The Morgan fingerprint density at radius 2 is 1.88 bits per heavy atom. The zero-order chi connectivity index (χ0) is 23.1. The minimum atomic E-state index is -0.246. The molecule has 2 aromatic rings. The summed E-state index contributed by atoms with van der Waals surface area (Å²) in [6.45, 7) is 9.04. The number of hydrogen-bond acceptors (Lipinski definition) is 5. The number of carbonyl (C=O) groups excluding carboxylic acids is 2. The molecule has 0 aromatic heterocycles. The van der Waals surface area contributed by atoms with Crippen molar-refractivity contribution in [2.45, 2.75) is 33.3 Å². The standard InChI is InChI=1S/C25H26INO4S/c1-4-7-19-13-18(15-22-24(28)27(12-5-2)25(29)32-22)14-21(30-6-3)23(19)31-16-17-8-10-20(26)11-9-17/h4,8-11,13-15H,1,5-7,12,16H2,2-3H3/b22-15+. The first-order chi connectivity index (χ1) is 15.5. The van der Waals surface area contributed by atoms with E-state index < -0.39 is 0 Å². The Morgan fingerprint density at radius 3 is 2.53 bits per heavy atom. The lowest BCUT2D eigenvalue weighted by Gasteiger charge is -2.17. The van der Waals surface area contributed by atoms with E-state index in [-0.39, 0.29) is 11.1 Å². The molecule has 0 bridgehead atoms. The molecule has 0 aliphatic carbocycles. The SMILES string of the molecule is C=CCc1cc(/C=C2/SC(=O)N(CCC)C2=O)cc(OCC)c1OCc1ccc(I)cc1. The van der Waals surface area contributed by atoms with E-state index in [4.69, 9.17) is 9.47 Å². The van der Waals surface area contributed by atoms with Crippen molar-refractivity contribution in [2.24, 2.45) is 0 Å². The van der Waals surface area contributed by atoms with E-state index in [1.807, 2.05) is 56.3 Å². The van der Waals surface area contributed by atoms with E-state index in [1.165, 1.54) is 8.47 Å². The smallest absolute Gasteiger partial charge is 0.293 e. The maximum absolute atomic E-state index is 12.6. The highest BCUT2D eigenvalue weighted by Crippen LogP contribution is 2.37. The van der Waals surface area contributed by atoms with Crippen LogP contribution in [0.2, 0.25) is 0 Å². The van der Waals surface area contributed by atoms with Crippen LogP contribution in [0.5, 0.6) is 11.5 Å². The maximum Gasteiger partial charge on any atom is 0.293 e. The first-order valence-electron chi connectivity index (χ1n) is 10.5. The lowest BCUT2D eigenvalue weighted by atomic mass is 10.0. The highest BCUT2D eigenvalue weighted by atomic mass is 127. The van der Waals surface area contributed by atoms with Gasteiger partial charge < -0.3 is 9.47 Å². The zero-order valence-corrected chi connectivity index (χ0v) is 21.2. The van der Waals surface area contributed by atoms with Crippen molar-refractivity contribution in [1.29, 1.82) is 0 Å². The molecule has 0 saturated carbocycles. The van der Waals surface area contributed by atoms with Crippen molar-refractivity contribution < 1.29 is 19.1 Å². The molecule has 5 nitrogen and oxygen atoms in total. The second-order valence-corrected chi connectivity index (χ2v) is 9.42. The van der Waals surface area contributed by atoms with Crippen LogP contribution in [0.15, 0.2) is 54.0 Å². The zero-order valence-electron chi connectivity index (χ0n) is 18.2. The molecular formula is C25H26INO4S. The Labute approximate surface area is 207 Å². The van der Waals surface area contributed by atoms with E-state index in [9.17, 15) is 9.59 Å². The second kappa shape index (κ2) is 11.6. The second-order valence-electron chi connectivity index (χ2n) is 7.18. The van der Waals surface area contributed by atoms with Crippen molar-refractivity contribution in [2.75, 3.05) is 13.2 Å². The molecule has 1 aliphatic rings. The van der Waals surface area contributed by atoms with Gasteiger partial charge in [0.25, 0.3) is 11.1 Å². The number of halogens is 1. The van der Waals surface area contributed by atoms with Crippen molar-refractivity contribution in [3.05, 3.63) is 74.2 Å². The lowest BCUT2D eigenvalue weighted by Crippen LogP contribution is -2.28. The monoisotopic (exact) mass is 563 g/mol. The van der Waals surface area contributed by atoms with Crippen LogP contribution in [-0.4, -0.2) is 29.2 Å². The Balaban J connectivity index is 1.93. The van der Waals surface area contributed by atoms with E-state index in [0.717, 1.165) is 34.9 Å². The van der Waals surface area contributed by atoms with Crippen LogP contribution in [0.3, 0.4) is 0 Å². The number of benzene rings is 2. The van der Waals surface area contributed by atoms with Crippen molar-refractivity contribution in [1.82, 2.24) is 4.90 Å². The molecule has 0 N–H and O–H groups in total. The number of allylic oxidation sites excluding steroid dienone is 1. The average Bonchev–Trinajstić information content (AvgIpc) is 3.02. The van der Waals surface area contributed by atoms with Gasteiger partial charge in [-0.3, -0.25) is 14.5 Å². The molecule has 0 spiro atoms. The van der Waals surface area contributed by atoms with Gasteiger partial charge in [0.05, 0.1) is 11.5 Å². The van der Waals surface area contributed by atoms with Crippen molar-refractivity contribution >= 4 is 51.6 Å². The summed E-state index contributed by atoms with van der Waals surface area (Å²) < 4.78 is 13.2. The summed E-state index contributed by atoms with van der Waals surface area (Å²) in [6.07, 6.45) is 4.87. The number of thioether (sulfide) groups is 1. The van der Waals surface area contributed by atoms with Gasteiger partial charge in [-0.15, -0.1) is 6.58 Å². The molecule has 0 unspecified atom stereocenters. The minimum Gasteiger partial charge on any atom is -0.490 e. The number of amides is 2. The van der Waals surface area contributed by atoms with Crippen LogP contribution in [0.4, 0.5) is 4.79 Å². The molecule has 1 fully saturated rings. The normalized spacial score (nSPS) is 14.8. The van der Waals surface area contributed by atoms with Crippen LogP contribution >= 0.6 is 34.4 Å². The molecule has 3 rings (SSSR count). The van der Waals surface area contributed by atoms with Gasteiger partial charge in [0, 0.05) is 15.7 Å². The van der Waals surface area contributed by atoms with Crippen LogP contribution in [0.25, 0.3) is 6.08 Å². The molecule has 2 aromatic carbocycles. The summed E-state index contributed by atoms with van der Waals surface area (Å²) in [7, 11) is 0. The highest BCUT2D eigenvalue weighted by molar-refractivity contribution is 14.1. The molecule has 0 radical (unpaired) electrons. The number of ether oxygens (including phenoxy) is 2. The van der Waals surface area contributed by atoms with Gasteiger partial charge in [0.15, 0.2) is 11.5 Å². The van der Waals surface area contributed by atoms with Gasteiger partial charge in [-0.2, -0.15) is 0 Å². The fourth-order valence-corrected chi connectivity index (χ4v) is 4.53. The van der Waals surface area contributed by atoms with Crippen LogP contribution in [0, 0.1) is 3.57 Å². The summed E-state index contributed by atoms with van der Waals surface area (Å²) in [4.78, 5) is 26.5. The van der Waals surface area contributed by atoms with Crippen molar-refractivity contribution in [3.63, 3.8) is 0 Å². The molecule has 32 heavy (non-hydrogen) atoms. The van der Waals surface area contributed by atoms with E-state index in [0.29, 0.717) is 42.6 Å². The number of carbonyl (C=O) groups is 2. The third-order valence-corrected chi connectivity index (χ3v) is 6.36. The summed E-state index contributed by atoms with van der Waals surface area (Å²) in [5.74, 6) is 1.03. The predicted molar refractivity (Wildman–Crippen MR) is 138 cm³/mol. The van der Waals surface area contributed by atoms with Gasteiger partial charge in [-0.1, -0.05) is 25.1 Å². The Morgan fingerprint density at radius 1 is 1.12 bits per heavy atom. The largest absolute Gasteiger partial charge is 0.490 e. The van der Waals surface area contributed by atoms with E-state index in [2.05, 4.69) is 29.2 Å². The van der Waals surface area contributed by atoms with Crippen molar-refractivity contribution in [3.8, 4) is 11.5 Å². The third kappa shape index (κ3) is 5.95. The molecule has 7 heteroatoms. The van der Waals surface area contributed by atoms with Gasteiger partial charge >= 0.3 is 0 Å². The van der Waals surface area contributed by atoms with Crippen LogP contribution in [0.1, 0.15) is 37.0 Å². The predicted octanol–water partition coefficient (Wildman–Crippen LogP) is 6.44. The third-order valence-electron chi connectivity index (χ3n) is 4.73. The van der Waals surface area contributed by atoms with Gasteiger partial charge in [0.2, 0.25) is 0 Å². The molecule has 168 valence electrons. The summed E-state index contributed by atoms with van der Waals surface area (Å²) in [5.41, 5.74) is 2.76. The minimum absolute atomic E-state index is 0.225. The summed E-state index contributed by atoms with van der Waals surface area (Å²) in [6, 6.07) is 12.0. The molecule has 1 heterocycles. The van der Waals surface area contributed by atoms with E-state index >= 15 is 0 Å². The molecular weight excluding hydrogens is 537 g/mol. The van der Waals surface area contributed by atoms with Gasteiger partial charge in [0.1, 0.15) is 6.61 Å². The molecule has 2 amide bonds. The summed E-state index contributed by atoms with van der Waals surface area (Å²) in [5, 5.41) is -0.225.